The fraction of sp³-hybridized carbons (Fsp3) is 0.909. The van der Waals surface area contributed by atoms with Crippen LogP contribution in [-0.4, -0.2) is 36.5 Å². The molecule has 3 nitrogen and oxygen atoms in total. The molecule has 0 aromatic carbocycles. The van der Waals surface area contributed by atoms with Gasteiger partial charge < -0.3 is 10.2 Å². The number of carbonyl (C=O) groups excluding carboxylic acids is 1. The van der Waals surface area contributed by atoms with Crippen LogP contribution in [0.2, 0.25) is 0 Å². The molecule has 0 saturated carbocycles. The van der Waals surface area contributed by atoms with Crippen LogP contribution in [-0.2, 0) is 4.79 Å². The van der Waals surface area contributed by atoms with Crippen molar-refractivity contribution in [2.45, 2.75) is 39.7 Å². The summed E-state index contributed by atoms with van der Waals surface area (Å²) in [5.41, 5.74) is 0. The molecule has 1 rings (SSSR count). The van der Waals surface area contributed by atoms with Crippen LogP contribution in [0.5, 0.6) is 0 Å². The Morgan fingerprint density at radius 3 is 2.86 bits per heavy atom. The molecule has 0 aromatic rings. The van der Waals surface area contributed by atoms with Gasteiger partial charge in [-0.05, 0) is 25.8 Å². The first-order chi connectivity index (χ1) is 6.63. The largest absolute Gasteiger partial charge is 0.341 e. The highest BCUT2D eigenvalue weighted by atomic mass is 16.2. The lowest BCUT2D eigenvalue weighted by Gasteiger charge is -2.21. The number of nitrogens with one attached hydrogen (secondary N) is 1. The summed E-state index contributed by atoms with van der Waals surface area (Å²) in [6.07, 6.45) is 1.88. The molecular formula is C11H22N2O. The van der Waals surface area contributed by atoms with E-state index in [0.29, 0.717) is 17.9 Å². The van der Waals surface area contributed by atoms with Gasteiger partial charge in [0.1, 0.15) is 0 Å². The summed E-state index contributed by atoms with van der Waals surface area (Å²) in [4.78, 5) is 13.5. The summed E-state index contributed by atoms with van der Waals surface area (Å²) in [5, 5.41) is 3.40. The summed E-state index contributed by atoms with van der Waals surface area (Å²) in [7, 11) is 0. The molecule has 1 fully saturated rings. The fourth-order valence-electron chi connectivity index (χ4n) is 1.93. The van der Waals surface area contributed by atoms with Gasteiger partial charge in [0.15, 0.2) is 0 Å². The molecule has 1 saturated heterocycles. The molecule has 1 aliphatic heterocycles. The van der Waals surface area contributed by atoms with E-state index >= 15 is 0 Å². The van der Waals surface area contributed by atoms with Crippen LogP contribution in [0.3, 0.4) is 0 Å². The Bertz CT molecular complexity index is 194. The van der Waals surface area contributed by atoms with Gasteiger partial charge in [-0.2, -0.15) is 0 Å². The number of carbonyl (C=O) groups is 1. The van der Waals surface area contributed by atoms with Crippen LogP contribution in [0, 0.1) is 5.92 Å². The Kier molecular flexibility index (Phi) is 4.39. The topological polar surface area (TPSA) is 32.3 Å². The van der Waals surface area contributed by atoms with Gasteiger partial charge in [-0.3, -0.25) is 4.79 Å². The van der Waals surface area contributed by atoms with Crippen LogP contribution in [0.1, 0.15) is 33.6 Å². The van der Waals surface area contributed by atoms with Crippen LogP contribution in [0.25, 0.3) is 0 Å². The number of amides is 1. The standard InChI is InChI=1S/C11H22N2O/c1-4-5-12-10(3)8-13-7-9(2)6-11(13)14/h9-10,12H,4-8H2,1-3H3. The maximum atomic E-state index is 11.5. The average molecular weight is 198 g/mol. The van der Waals surface area contributed by atoms with Crippen molar-refractivity contribution in [3.05, 3.63) is 0 Å². The van der Waals surface area contributed by atoms with Crippen molar-refractivity contribution in [3.63, 3.8) is 0 Å². The molecule has 0 spiro atoms. The molecule has 1 amide bonds. The molecule has 0 radical (unpaired) electrons. The van der Waals surface area contributed by atoms with E-state index in [4.69, 9.17) is 0 Å². The normalized spacial score (nSPS) is 24.4. The molecule has 1 heterocycles. The van der Waals surface area contributed by atoms with Crippen LogP contribution in [0.15, 0.2) is 0 Å². The molecular weight excluding hydrogens is 176 g/mol. The van der Waals surface area contributed by atoms with E-state index in [1.807, 2.05) is 4.90 Å². The van der Waals surface area contributed by atoms with E-state index in [9.17, 15) is 4.79 Å². The van der Waals surface area contributed by atoms with Gasteiger partial charge in [-0.1, -0.05) is 13.8 Å². The molecule has 1 aliphatic rings. The predicted molar refractivity (Wildman–Crippen MR) is 58.1 cm³/mol. The zero-order valence-corrected chi connectivity index (χ0v) is 9.55. The third kappa shape index (κ3) is 3.29. The fourth-order valence-corrected chi connectivity index (χ4v) is 1.93. The van der Waals surface area contributed by atoms with Crippen LogP contribution < -0.4 is 5.32 Å². The monoisotopic (exact) mass is 198 g/mol. The first kappa shape index (κ1) is 11.5. The van der Waals surface area contributed by atoms with E-state index in [1.54, 1.807) is 0 Å². The van der Waals surface area contributed by atoms with Gasteiger partial charge >= 0.3 is 0 Å². The zero-order chi connectivity index (χ0) is 10.6. The van der Waals surface area contributed by atoms with Gasteiger partial charge in [-0.25, -0.2) is 0 Å². The van der Waals surface area contributed by atoms with Crippen molar-refractivity contribution in [3.8, 4) is 0 Å². The van der Waals surface area contributed by atoms with Crippen molar-refractivity contribution < 1.29 is 4.79 Å². The number of rotatable bonds is 5. The highest BCUT2D eigenvalue weighted by Crippen LogP contribution is 2.16. The van der Waals surface area contributed by atoms with E-state index in [2.05, 4.69) is 26.1 Å². The van der Waals surface area contributed by atoms with Gasteiger partial charge in [0.05, 0.1) is 0 Å². The van der Waals surface area contributed by atoms with Crippen molar-refractivity contribution >= 4 is 5.91 Å². The smallest absolute Gasteiger partial charge is 0.222 e. The van der Waals surface area contributed by atoms with E-state index < -0.39 is 0 Å². The Morgan fingerprint density at radius 2 is 2.36 bits per heavy atom. The zero-order valence-electron chi connectivity index (χ0n) is 9.55. The Hall–Kier alpha value is -0.570. The molecule has 0 bridgehead atoms. The molecule has 0 aromatic heterocycles. The average Bonchev–Trinajstić information content (AvgIpc) is 2.42. The first-order valence-corrected chi connectivity index (χ1v) is 5.64. The lowest BCUT2D eigenvalue weighted by molar-refractivity contribution is -0.128. The van der Waals surface area contributed by atoms with Crippen LogP contribution >= 0.6 is 0 Å². The molecule has 0 aliphatic carbocycles. The van der Waals surface area contributed by atoms with Gasteiger partial charge in [-0.15, -0.1) is 0 Å². The summed E-state index contributed by atoms with van der Waals surface area (Å²) >= 11 is 0. The van der Waals surface area contributed by atoms with Gasteiger partial charge in [0.2, 0.25) is 5.91 Å². The quantitative estimate of drug-likeness (QED) is 0.721. The lowest BCUT2D eigenvalue weighted by Crippen LogP contribution is -2.40. The summed E-state index contributed by atoms with van der Waals surface area (Å²) in [5.74, 6) is 0.864. The third-order valence-corrected chi connectivity index (χ3v) is 2.64. The maximum absolute atomic E-state index is 11.5. The van der Waals surface area contributed by atoms with Gasteiger partial charge in [0.25, 0.3) is 0 Å². The Labute approximate surface area is 86.9 Å². The molecule has 82 valence electrons. The van der Waals surface area contributed by atoms with Crippen molar-refractivity contribution in [1.29, 1.82) is 0 Å². The Morgan fingerprint density at radius 1 is 1.64 bits per heavy atom. The van der Waals surface area contributed by atoms with Gasteiger partial charge in [0, 0.05) is 25.6 Å². The maximum Gasteiger partial charge on any atom is 0.222 e. The third-order valence-electron chi connectivity index (χ3n) is 2.64. The second-order valence-electron chi connectivity index (χ2n) is 4.46. The molecule has 14 heavy (non-hydrogen) atoms. The first-order valence-electron chi connectivity index (χ1n) is 5.64. The lowest BCUT2D eigenvalue weighted by atomic mass is 10.2. The summed E-state index contributed by atoms with van der Waals surface area (Å²) in [6.45, 7) is 9.29. The highest BCUT2D eigenvalue weighted by molar-refractivity contribution is 5.78. The minimum Gasteiger partial charge on any atom is -0.341 e. The van der Waals surface area contributed by atoms with Crippen LogP contribution in [0.4, 0.5) is 0 Å². The van der Waals surface area contributed by atoms with Crippen molar-refractivity contribution in [1.82, 2.24) is 10.2 Å². The minimum atomic E-state index is 0.322. The summed E-state index contributed by atoms with van der Waals surface area (Å²) in [6, 6.07) is 0.421. The Balaban J connectivity index is 2.26. The summed E-state index contributed by atoms with van der Waals surface area (Å²) < 4.78 is 0. The second kappa shape index (κ2) is 5.35. The number of hydrogen-bond donors (Lipinski definition) is 1. The van der Waals surface area contributed by atoms with E-state index in [-0.39, 0.29) is 0 Å². The van der Waals surface area contributed by atoms with E-state index in [0.717, 1.165) is 32.5 Å². The number of likely N-dealkylation sites (tertiary alicyclic amines) is 1. The molecule has 3 heteroatoms. The molecule has 1 N–H and O–H groups in total. The van der Waals surface area contributed by atoms with E-state index in [1.165, 1.54) is 0 Å². The second-order valence-corrected chi connectivity index (χ2v) is 4.46. The molecule has 2 unspecified atom stereocenters. The predicted octanol–water partition coefficient (Wildman–Crippen LogP) is 1.24. The van der Waals surface area contributed by atoms with Crippen molar-refractivity contribution in [2.75, 3.05) is 19.6 Å². The highest BCUT2D eigenvalue weighted by Gasteiger charge is 2.26. The van der Waals surface area contributed by atoms with Crippen molar-refractivity contribution in [2.24, 2.45) is 5.92 Å². The minimum absolute atomic E-state index is 0.322. The number of hydrogen-bond acceptors (Lipinski definition) is 2. The SMILES string of the molecule is CCCNC(C)CN1CC(C)CC1=O. The molecule has 2 atom stereocenters. The number of nitrogens with zero attached hydrogens (tertiary/aromatic N) is 1.